The topological polar surface area (TPSA) is 78.9 Å². The summed E-state index contributed by atoms with van der Waals surface area (Å²) in [5, 5.41) is 12.8. The smallest absolute Gasteiger partial charge is 0.408 e. The summed E-state index contributed by atoms with van der Waals surface area (Å²) in [4.78, 5) is 27.6. The Labute approximate surface area is 196 Å². The number of phenolic OH excluding ortho intramolecular Hbond substituents is 1. The van der Waals surface area contributed by atoms with Crippen molar-refractivity contribution < 1.29 is 19.4 Å². The molecular formula is C27H36N2O4. The van der Waals surface area contributed by atoms with Crippen LogP contribution in [-0.2, 0) is 14.9 Å². The lowest BCUT2D eigenvalue weighted by Gasteiger charge is -2.45. The fourth-order valence-electron chi connectivity index (χ4n) is 4.44. The average molecular weight is 453 g/mol. The summed E-state index contributed by atoms with van der Waals surface area (Å²) in [6.07, 6.45) is 0.435. The first-order valence-electron chi connectivity index (χ1n) is 11.6. The molecule has 1 aliphatic heterocycles. The maximum atomic E-state index is 13.3. The zero-order valence-corrected chi connectivity index (χ0v) is 20.3. The van der Waals surface area contributed by atoms with Crippen molar-refractivity contribution in [1.82, 2.24) is 10.2 Å². The minimum Gasteiger partial charge on any atom is -0.508 e. The van der Waals surface area contributed by atoms with Crippen LogP contribution in [0.25, 0.3) is 0 Å². The molecule has 3 unspecified atom stereocenters. The quantitative estimate of drug-likeness (QED) is 0.656. The molecule has 0 bridgehead atoms. The van der Waals surface area contributed by atoms with Gasteiger partial charge < -0.3 is 20.1 Å². The van der Waals surface area contributed by atoms with Crippen LogP contribution in [0.5, 0.6) is 5.75 Å². The number of hydrogen-bond donors (Lipinski definition) is 2. The van der Waals surface area contributed by atoms with Crippen molar-refractivity contribution in [2.45, 2.75) is 64.5 Å². The van der Waals surface area contributed by atoms with Crippen LogP contribution >= 0.6 is 0 Å². The molecule has 6 heteroatoms. The number of hydrogen-bond acceptors (Lipinski definition) is 4. The van der Waals surface area contributed by atoms with Crippen LogP contribution < -0.4 is 5.32 Å². The second-order valence-corrected chi connectivity index (χ2v) is 10.3. The van der Waals surface area contributed by atoms with E-state index in [2.05, 4.69) is 19.2 Å². The van der Waals surface area contributed by atoms with Gasteiger partial charge in [-0.15, -0.1) is 0 Å². The summed E-state index contributed by atoms with van der Waals surface area (Å²) in [5.41, 5.74) is 1.22. The number of carbonyl (C=O) groups excluding carboxylic acids is 2. The Hall–Kier alpha value is -3.02. The van der Waals surface area contributed by atoms with Gasteiger partial charge >= 0.3 is 6.09 Å². The van der Waals surface area contributed by atoms with E-state index in [0.29, 0.717) is 13.1 Å². The van der Waals surface area contributed by atoms with Crippen LogP contribution in [0, 0.1) is 5.92 Å². The van der Waals surface area contributed by atoms with Crippen molar-refractivity contribution in [2.24, 2.45) is 5.92 Å². The third kappa shape index (κ3) is 6.28. The van der Waals surface area contributed by atoms with Gasteiger partial charge in [0, 0.05) is 13.1 Å². The molecule has 3 atom stereocenters. The Morgan fingerprint density at radius 2 is 1.88 bits per heavy atom. The minimum atomic E-state index is -0.617. The zero-order chi connectivity index (χ0) is 24.2. The maximum Gasteiger partial charge on any atom is 0.408 e. The number of aromatic hydroxyl groups is 1. The molecule has 1 fully saturated rings. The Morgan fingerprint density at radius 1 is 1.18 bits per heavy atom. The van der Waals surface area contributed by atoms with Crippen molar-refractivity contribution in [2.75, 3.05) is 13.1 Å². The summed E-state index contributed by atoms with van der Waals surface area (Å²) in [7, 11) is 0. The van der Waals surface area contributed by atoms with E-state index >= 15 is 0 Å². The largest absolute Gasteiger partial charge is 0.508 e. The monoisotopic (exact) mass is 452 g/mol. The predicted molar refractivity (Wildman–Crippen MR) is 129 cm³/mol. The Bertz CT molecular complexity index is 970. The molecule has 6 nitrogen and oxygen atoms in total. The minimum absolute atomic E-state index is 0.00437. The molecule has 0 aliphatic carbocycles. The molecule has 2 amide bonds. The van der Waals surface area contributed by atoms with Gasteiger partial charge in [-0.25, -0.2) is 4.79 Å². The number of rotatable bonds is 5. The average Bonchev–Trinajstić information content (AvgIpc) is 2.74. The van der Waals surface area contributed by atoms with Gasteiger partial charge in [0.1, 0.15) is 11.4 Å². The molecule has 0 saturated carbocycles. The fourth-order valence-corrected chi connectivity index (χ4v) is 4.44. The van der Waals surface area contributed by atoms with Gasteiger partial charge in [-0.2, -0.15) is 0 Å². The van der Waals surface area contributed by atoms with Gasteiger partial charge in [0.25, 0.3) is 0 Å². The van der Waals surface area contributed by atoms with E-state index in [1.165, 1.54) is 0 Å². The van der Waals surface area contributed by atoms with E-state index in [9.17, 15) is 14.7 Å². The number of benzene rings is 2. The van der Waals surface area contributed by atoms with Crippen LogP contribution in [-0.4, -0.2) is 40.7 Å². The third-order valence-corrected chi connectivity index (χ3v) is 6.61. The van der Waals surface area contributed by atoms with E-state index in [0.717, 1.165) is 17.5 Å². The molecule has 1 heterocycles. The summed E-state index contributed by atoms with van der Waals surface area (Å²) in [6, 6.07) is 16.5. The number of amides is 2. The molecule has 0 radical (unpaired) electrons. The predicted octanol–water partition coefficient (Wildman–Crippen LogP) is 5.17. The molecule has 2 aromatic rings. The summed E-state index contributed by atoms with van der Waals surface area (Å²) in [5.74, 6) is 0.481. The normalized spacial score (nSPS) is 21.8. The first-order chi connectivity index (χ1) is 15.5. The molecule has 178 valence electrons. The molecule has 1 aliphatic rings. The Morgan fingerprint density at radius 3 is 2.48 bits per heavy atom. The molecule has 33 heavy (non-hydrogen) atoms. The highest BCUT2D eigenvalue weighted by atomic mass is 16.6. The van der Waals surface area contributed by atoms with Crippen LogP contribution in [0.2, 0.25) is 0 Å². The molecular weight excluding hydrogens is 416 g/mol. The van der Waals surface area contributed by atoms with Gasteiger partial charge in [0.15, 0.2) is 0 Å². The SMILES string of the molecule is CC1CN(C(=O)CC(NC(=O)OC(C)(C)C)c2ccccc2)CCC1(C)c1cccc(O)c1. The van der Waals surface area contributed by atoms with Crippen LogP contribution in [0.4, 0.5) is 4.79 Å². The van der Waals surface area contributed by atoms with Crippen molar-refractivity contribution in [3.8, 4) is 5.75 Å². The highest BCUT2D eigenvalue weighted by Crippen LogP contribution is 2.40. The fraction of sp³-hybridized carbons (Fsp3) is 0.481. The lowest BCUT2D eigenvalue weighted by Crippen LogP contribution is -2.50. The number of nitrogens with zero attached hydrogens (tertiary/aromatic N) is 1. The first kappa shape index (κ1) is 24.6. The number of piperidine rings is 1. The van der Waals surface area contributed by atoms with Gasteiger partial charge in [-0.05, 0) is 61.8 Å². The summed E-state index contributed by atoms with van der Waals surface area (Å²) in [6.45, 7) is 11.0. The van der Waals surface area contributed by atoms with Crippen molar-refractivity contribution in [3.05, 3.63) is 65.7 Å². The van der Waals surface area contributed by atoms with Gasteiger partial charge in [0.2, 0.25) is 5.91 Å². The number of carbonyl (C=O) groups is 2. The van der Waals surface area contributed by atoms with E-state index < -0.39 is 17.7 Å². The molecule has 0 aromatic heterocycles. The highest BCUT2D eigenvalue weighted by molar-refractivity contribution is 5.78. The van der Waals surface area contributed by atoms with E-state index in [-0.39, 0.29) is 29.4 Å². The number of nitrogens with one attached hydrogen (secondary N) is 1. The van der Waals surface area contributed by atoms with E-state index in [4.69, 9.17) is 4.74 Å². The van der Waals surface area contributed by atoms with Crippen LogP contribution in [0.3, 0.4) is 0 Å². The highest BCUT2D eigenvalue weighted by Gasteiger charge is 2.39. The second kappa shape index (κ2) is 9.86. The van der Waals surface area contributed by atoms with Gasteiger partial charge in [-0.1, -0.05) is 56.3 Å². The second-order valence-electron chi connectivity index (χ2n) is 10.3. The number of likely N-dealkylation sites (tertiary alicyclic amines) is 1. The Kier molecular flexibility index (Phi) is 7.35. The molecule has 2 aromatic carbocycles. The number of phenols is 1. The molecule has 0 spiro atoms. The summed E-state index contributed by atoms with van der Waals surface area (Å²) >= 11 is 0. The standard InChI is InChI=1S/C27H36N2O4/c1-19-18-29(15-14-27(19,5)21-12-9-13-22(30)16-21)24(31)17-23(20-10-7-6-8-11-20)28-25(32)33-26(2,3)4/h6-13,16,19,23,30H,14-15,17-18H2,1-5H3,(H,28,32). The maximum absolute atomic E-state index is 13.3. The van der Waals surface area contributed by atoms with Crippen molar-refractivity contribution in [3.63, 3.8) is 0 Å². The first-order valence-corrected chi connectivity index (χ1v) is 11.6. The molecule has 2 N–H and O–H groups in total. The zero-order valence-electron chi connectivity index (χ0n) is 20.3. The van der Waals surface area contributed by atoms with Crippen LogP contribution in [0.15, 0.2) is 54.6 Å². The third-order valence-electron chi connectivity index (χ3n) is 6.61. The number of ether oxygens (including phenoxy) is 1. The number of alkyl carbamates (subject to hydrolysis) is 1. The molecule has 1 saturated heterocycles. The van der Waals surface area contributed by atoms with E-state index in [1.807, 2.05) is 74.2 Å². The van der Waals surface area contributed by atoms with Crippen molar-refractivity contribution >= 4 is 12.0 Å². The lowest BCUT2D eigenvalue weighted by atomic mass is 9.68. The van der Waals surface area contributed by atoms with Gasteiger partial charge in [-0.3, -0.25) is 4.79 Å². The van der Waals surface area contributed by atoms with Gasteiger partial charge in [0.05, 0.1) is 12.5 Å². The van der Waals surface area contributed by atoms with Crippen LogP contribution in [0.1, 0.15) is 64.6 Å². The van der Waals surface area contributed by atoms with Crippen molar-refractivity contribution in [1.29, 1.82) is 0 Å². The summed E-state index contributed by atoms with van der Waals surface area (Å²) < 4.78 is 5.42. The van der Waals surface area contributed by atoms with E-state index in [1.54, 1.807) is 6.07 Å². The lowest BCUT2D eigenvalue weighted by molar-refractivity contribution is -0.134. The molecule has 3 rings (SSSR count). The Balaban J connectivity index is 1.70.